The molecule has 6 atom stereocenters. The number of carboxylic acids is 2. The smallest absolute Gasteiger partial charge is 0.340 e. The summed E-state index contributed by atoms with van der Waals surface area (Å²) >= 11 is 0. The van der Waals surface area contributed by atoms with Gasteiger partial charge in [0.15, 0.2) is 17.7 Å². The summed E-state index contributed by atoms with van der Waals surface area (Å²) in [6.07, 6.45) is 24.6. The third-order valence-electron chi connectivity index (χ3n) is 30.6. The molecule has 0 bridgehead atoms. The number of hydrogen-bond donors (Lipinski definition) is 13. The number of fused-ring (bicyclic) bond motifs is 10. The highest BCUT2D eigenvalue weighted by Crippen LogP contribution is 2.58. The van der Waals surface area contributed by atoms with Crippen molar-refractivity contribution in [3.05, 3.63) is 226 Å². The zero-order valence-corrected chi connectivity index (χ0v) is 85.1. The Morgan fingerprint density at radius 1 is 0.361 bits per heavy atom. The molecule has 13 N–H and O–H groups in total. The van der Waals surface area contributed by atoms with Crippen molar-refractivity contribution in [2.45, 2.75) is 196 Å². The van der Waals surface area contributed by atoms with Crippen molar-refractivity contribution in [2.75, 3.05) is 140 Å². The summed E-state index contributed by atoms with van der Waals surface area (Å²) in [4.78, 5) is 119. The maximum Gasteiger partial charge on any atom is 0.340 e. The molecule has 6 fully saturated rings. The number of rotatable bonds is 26. The van der Waals surface area contributed by atoms with Crippen molar-refractivity contribution < 1.29 is 71.7 Å². The molecule has 6 saturated heterocycles. The van der Waals surface area contributed by atoms with Crippen LogP contribution in [0.5, 0.6) is 11.5 Å². The van der Waals surface area contributed by atoms with Crippen LogP contribution in [0.3, 0.4) is 0 Å². The number of esters is 1. The average Bonchev–Trinajstić information content (AvgIpc) is 1.57. The van der Waals surface area contributed by atoms with Crippen molar-refractivity contribution >= 4 is 98.8 Å². The van der Waals surface area contributed by atoms with E-state index < -0.39 is 17.5 Å². The minimum Gasteiger partial charge on any atom is -0.545 e. The van der Waals surface area contributed by atoms with E-state index in [4.69, 9.17) is 18.3 Å². The lowest BCUT2D eigenvalue weighted by atomic mass is 9.77. The van der Waals surface area contributed by atoms with Crippen LogP contribution in [0.15, 0.2) is 191 Å². The largest absolute Gasteiger partial charge is 0.545 e. The van der Waals surface area contributed by atoms with Crippen LogP contribution >= 0.6 is 0 Å². The van der Waals surface area contributed by atoms with E-state index in [0.717, 1.165) is 277 Å². The van der Waals surface area contributed by atoms with Crippen LogP contribution in [0.4, 0.5) is 51.5 Å². The first kappa shape index (κ1) is 103. The number of hydrogen-bond acceptors (Lipinski definition) is 18. The van der Waals surface area contributed by atoms with Gasteiger partial charge in [0.1, 0.15) is 47.3 Å². The Hall–Kier alpha value is -15.1. The second kappa shape index (κ2) is 48.3. The van der Waals surface area contributed by atoms with Gasteiger partial charge in [-0.15, -0.1) is 0 Å². The molecule has 2 aliphatic carbocycles. The lowest BCUT2D eigenvalue weighted by Crippen LogP contribution is -2.45. The fourth-order valence-electron chi connectivity index (χ4n) is 23.3. The summed E-state index contributed by atoms with van der Waals surface area (Å²) in [5.74, 6) is 0.150. The molecule has 1 spiro atoms. The van der Waals surface area contributed by atoms with Crippen LogP contribution < -0.4 is 113 Å². The molecule has 774 valence electrons. The summed E-state index contributed by atoms with van der Waals surface area (Å²) in [7, 11) is 9.72. The average molecular weight is 2000 g/mol. The van der Waals surface area contributed by atoms with Gasteiger partial charge in [-0.25, -0.2) is 47.5 Å². The first-order valence-electron chi connectivity index (χ1n) is 52.6. The van der Waals surface area contributed by atoms with Gasteiger partial charge in [-0.1, -0.05) is 60.7 Å². The van der Waals surface area contributed by atoms with Gasteiger partial charge in [-0.3, -0.25) is 0 Å². The molecule has 0 saturated carbocycles. The number of carbonyl (C=O) groups excluding carboxylic acids is 8. The Balaban J connectivity index is 0.000000151. The number of nitrogens with zero attached hydrogens (tertiary/aromatic N) is 6. The number of aromatic carboxylic acids is 2. The van der Waals surface area contributed by atoms with Gasteiger partial charge in [-0.05, 0) is 199 Å². The molecule has 10 heterocycles. The van der Waals surface area contributed by atoms with Gasteiger partial charge < -0.3 is 117 Å². The first-order valence-corrected chi connectivity index (χ1v) is 52.6. The zero-order chi connectivity index (χ0) is 103. The molecule has 7 aromatic rings. The minimum absolute atomic E-state index is 0.129. The van der Waals surface area contributed by atoms with Gasteiger partial charge in [0.2, 0.25) is 10.7 Å². The molecule has 33 heteroatoms. The molecule has 0 aromatic heterocycles. The number of carboxylic acid groups (broad SMARTS) is 2. The van der Waals surface area contributed by atoms with E-state index in [2.05, 4.69) is 190 Å². The highest BCUT2D eigenvalue weighted by Gasteiger charge is 2.54. The van der Waals surface area contributed by atoms with Crippen LogP contribution in [0.1, 0.15) is 202 Å². The zero-order valence-electron chi connectivity index (χ0n) is 85.1. The van der Waals surface area contributed by atoms with Crippen LogP contribution in [0.25, 0.3) is 66.8 Å². The van der Waals surface area contributed by atoms with Crippen molar-refractivity contribution in [1.29, 1.82) is 0 Å². The predicted molar refractivity (Wildman–Crippen MR) is 570 cm³/mol. The third kappa shape index (κ3) is 23.4. The molecular formula is C114H139N18O15+. The van der Waals surface area contributed by atoms with E-state index in [1.807, 2.05) is 60.7 Å². The van der Waals surface area contributed by atoms with Gasteiger partial charge in [-0.2, -0.15) is 0 Å². The number of benzene rings is 9. The fourth-order valence-corrected chi connectivity index (χ4v) is 23.3. The summed E-state index contributed by atoms with van der Waals surface area (Å²) in [5.41, 5.74) is 12.3. The molecule has 10 aliphatic heterocycles. The quantitative estimate of drug-likeness (QED) is 0.0136. The second-order valence-corrected chi connectivity index (χ2v) is 39.3. The SMILES string of the molecule is CNC(=O)NCCC1CCCCN1c1ccc2c(-c3ccccc3C(=O)O)c3ccc(=[N+]4CCCCC4CCNC(=O)NC)cc-3oc2c1.CNC(=O)NCCC1CCCCN1c1ccc2c(-c3ccccc3C(=O)[O-])c3ccc(=[N+]4CCCCC4CCNC(=O)NC)cc-3oc2c1.CNC(=O)NCCC1CCCCN1c1ccc2c(c1)Oc1cc(N3CCCCC3CCNC(=O)NC)ccc1C21OC(=O)c2ccccc21. The number of nitrogens with one attached hydrogen (secondary N) is 12. The molecular weight excluding hydrogens is 1860 g/mol. The predicted octanol–water partition coefficient (Wildman–Crippen LogP) is 14.7. The summed E-state index contributed by atoms with van der Waals surface area (Å²) in [6, 6.07) is 59.9. The van der Waals surface area contributed by atoms with Crippen LogP contribution in [-0.4, -0.2) is 216 Å². The monoisotopic (exact) mass is 2000 g/mol. The van der Waals surface area contributed by atoms with Crippen molar-refractivity contribution in [3.63, 3.8) is 0 Å². The number of amides is 12. The summed E-state index contributed by atoms with van der Waals surface area (Å²) in [5, 5.41) is 59.6. The Morgan fingerprint density at radius 3 is 1.08 bits per heavy atom. The first-order chi connectivity index (χ1) is 71.7. The third-order valence-corrected chi connectivity index (χ3v) is 30.6. The highest BCUT2D eigenvalue weighted by atomic mass is 16.6. The van der Waals surface area contributed by atoms with Crippen molar-refractivity contribution in [2.24, 2.45) is 0 Å². The number of piperidine rings is 6. The molecule has 19 rings (SSSR count). The molecule has 7 aromatic carbocycles. The lowest BCUT2D eigenvalue weighted by molar-refractivity contribution is -0.255. The Kier molecular flexibility index (Phi) is 34.0. The number of carbonyl (C=O) groups is 9. The molecule has 12 amide bonds. The molecule has 12 aliphatic rings. The fraction of sp³-hybridized carbons (Fsp3) is 0.430. The topological polar surface area (TPSA) is 405 Å². The van der Waals surface area contributed by atoms with E-state index in [-0.39, 0.29) is 89.5 Å². The summed E-state index contributed by atoms with van der Waals surface area (Å²) in [6.45, 7) is 8.97. The maximum atomic E-state index is 13.5. The number of anilines is 4. The van der Waals surface area contributed by atoms with Crippen LogP contribution in [0.2, 0.25) is 0 Å². The van der Waals surface area contributed by atoms with E-state index in [0.29, 0.717) is 90.1 Å². The minimum atomic E-state index is -1.23. The molecule has 33 nitrogen and oxygen atoms in total. The van der Waals surface area contributed by atoms with Crippen LogP contribution in [0, 0.1) is 0 Å². The normalized spacial score (nSPS) is 20.1. The summed E-state index contributed by atoms with van der Waals surface area (Å²) < 4.78 is 31.6. The van der Waals surface area contributed by atoms with Crippen molar-refractivity contribution in [1.82, 2.24) is 73.0 Å². The van der Waals surface area contributed by atoms with Crippen LogP contribution in [-0.2, 0) is 10.3 Å². The van der Waals surface area contributed by atoms with Crippen molar-refractivity contribution in [3.8, 4) is 56.4 Å². The van der Waals surface area contributed by atoms with Gasteiger partial charge in [0, 0.05) is 285 Å². The molecule has 0 radical (unpaired) electrons. The Labute approximate surface area is 857 Å². The Bertz CT molecular complexity index is 6360. The van der Waals surface area contributed by atoms with E-state index in [9.17, 15) is 53.4 Å². The number of urea groups is 6. The van der Waals surface area contributed by atoms with Gasteiger partial charge in [0.25, 0.3) is 0 Å². The maximum absolute atomic E-state index is 13.5. The standard InChI is InChI=1S/3C38H46N6O5/c1-39-36(46)41-19-17-25-9-5-7-21-43(25)27-13-15-31-33(23-27)48-34-24-28(44-22-8-6-10-26(44)18-20-42-37(47)40-2)14-16-32(34)38(31)30-12-4-3-11-29(30)35(45)49-38;2*1-39-37(47)41-19-17-25-9-5-7-21-43(25)27-13-15-31-33(23-27)49-34-24-28(44-22-8-6-10-26(44)18-20-42-38(48)40-2)14-16-32(34)35(31)29-11-3-4-12-30(29)36(45)46/h3-4,11-16,23-26H,5-10,17-22H2,1-2H3,(H2,39,41,46)(H2,40,42,47);2*3-4,11-16,23-26H,5-10,17-22H2,1-2H3,(H4-,39,40,41,42,45,46,47,48)/p+1. The highest BCUT2D eigenvalue weighted by molar-refractivity contribution is 6.09. The van der Waals surface area contributed by atoms with E-state index in [1.54, 1.807) is 66.6 Å². The Morgan fingerprint density at radius 2 is 0.701 bits per heavy atom. The molecule has 6 unspecified atom stereocenters. The van der Waals surface area contributed by atoms with E-state index in [1.165, 1.54) is 0 Å². The molecule has 147 heavy (non-hydrogen) atoms. The lowest BCUT2D eigenvalue weighted by Gasteiger charge is -2.41. The van der Waals surface area contributed by atoms with Gasteiger partial charge in [0.05, 0.1) is 29.2 Å². The van der Waals surface area contributed by atoms with Gasteiger partial charge >= 0.3 is 48.1 Å². The number of ether oxygens (including phenoxy) is 2. The second-order valence-electron chi connectivity index (χ2n) is 39.3. The van der Waals surface area contributed by atoms with E-state index >= 15 is 0 Å².